The Labute approximate surface area is 104 Å². The molecule has 1 heterocycles. The summed E-state index contributed by atoms with van der Waals surface area (Å²) in [5.74, 6) is -1.95. The van der Waals surface area contributed by atoms with Crippen LogP contribution >= 0.6 is 0 Å². The number of hydrogen-bond acceptors (Lipinski definition) is 4. The number of halogens is 4. The first kappa shape index (κ1) is 15.0. The molecule has 0 aliphatic carbocycles. The van der Waals surface area contributed by atoms with Crippen LogP contribution in [0.4, 0.5) is 17.6 Å². The number of nitrogens with one attached hydrogen (secondary N) is 1. The predicted molar refractivity (Wildman–Crippen MR) is 54.3 cm³/mol. The van der Waals surface area contributed by atoms with Gasteiger partial charge in [0.15, 0.2) is 5.75 Å². The molecule has 0 aromatic carbocycles. The molecule has 1 aromatic rings. The summed E-state index contributed by atoms with van der Waals surface area (Å²) in [4.78, 5) is 24.8. The smallest absolute Gasteiger partial charge is 0.469 e. The van der Waals surface area contributed by atoms with Crippen LogP contribution < -0.4 is 10.2 Å². The number of esters is 1. The predicted octanol–water partition coefficient (Wildman–Crippen LogP) is 1.46. The van der Waals surface area contributed by atoms with Gasteiger partial charge in [-0.15, -0.1) is 13.2 Å². The average Bonchev–Trinajstić information content (AvgIpc) is 2.32. The lowest BCUT2D eigenvalue weighted by Gasteiger charge is -2.11. The van der Waals surface area contributed by atoms with E-state index in [9.17, 15) is 27.2 Å². The zero-order valence-electron chi connectivity index (χ0n) is 9.64. The third kappa shape index (κ3) is 3.97. The van der Waals surface area contributed by atoms with Crippen LogP contribution in [0.5, 0.6) is 5.75 Å². The molecule has 0 unspecified atom stereocenters. The summed E-state index contributed by atoms with van der Waals surface area (Å²) in [6.07, 6.45) is -5.13. The van der Waals surface area contributed by atoms with E-state index in [1.54, 1.807) is 0 Å². The van der Waals surface area contributed by atoms with Crippen LogP contribution in [0.15, 0.2) is 11.0 Å². The second-order valence-electron chi connectivity index (χ2n) is 3.37. The van der Waals surface area contributed by atoms with Crippen molar-refractivity contribution in [2.45, 2.75) is 19.5 Å². The Morgan fingerprint density at radius 3 is 2.53 bits per heavy atom. The molecule has 1 aromatic heterocycles. The number of aromatic amines is 1. The van der Waals surface area contributed by atoms with Crippen LogP contribution in [0.3, 0.4) is 0 Å². The topological polar surface area (TPSA) is 68.4 Å². The Bertz CT molecular complexity index is 523. The van der Waals surface area contributed by atoms with Crippen LogP contribution in [0.1, 0.15) is 11.3 Å². The van der Waals surface area contributed by atoms with Crippen LogP contribution in [-0.4, -0.2) is 24.4 Å². The van der Waals surface area contributed by atoms with Crippen molar-refractivity contribution in [3.05, 3.63) is 27.7 Å². The van der Waals surface area contributed by atoms with Gasteiger partial charge in [0, 0.05) is 11.8 Å². The second-order valence-corrected chi connectivity index (χ2v) is 3.37. The maximum Gasteiger partial charge on any atom is 0.573 e. The molecular weight excluding hydrogens is 274 g/mol. The fourth-order valence-corrected chi connectivity index (χ4v) is 1.31. The highest BCUT2D eigenvalue weighted by atomic mass is 19.4. The molecule has 0 atom stereocenters. The van der Waals surface area contributed by atoms with Gasteiger partial charge in [0.1, 0.15) is 6.67 Å². The molecule has 1 rings (SSSR count). The van der Waals surface area contributed by atoms with Gasteiger partial charge >= 0.3 is 12.3 Å². The Balaban J connectivity index is 3.22. The minimum Gasteiger partial charge on any atom is -0.469 e. The Kier molecular flexibility index (Phi) is 4.52. The van der Waals surface area contributed by atoms with Gasteiger partial charge in [-0.2, -0.15) is 0 Å². The molecule has 19 heavy (non-hydrogen) atoms. The van der Waals surface area contributed by atoms with Gasteiger partial charge in [-0.25, -0.2) is 4.39 Å². The zero-order valence-corrected chi connectivity index (χ0v) is 9.64. The highest BCUT2D eigenvalue weighted by Crippen LogP contribution is 2.20. The number of ether oxygens (including phenoxy) is 2. The average molecular weight is 283 g/mol. The highest BCUT2D eigenvalue weighted by Gasteiger charge is 2.33. The van der Waals surface area contributed by atoms with Gasteiger partial charge in [-0.3, -0.25) is 9.59 Å². The monoisotopic (exact) mass is 283 g/mol. The molecule has 0 aliphatic rings. The molecule has 9 heteroatoms. The first-order chi connectivity index (χ1) is 8.78. The van der Waals surface area contributed by atoms with Gasteiger partial charge in [0.2, 0.25) is 5.43 Å². The molecule has 0 amide bonds. The lowest BCUT2D eigenvalue weighted by atomic mass is 10.1. The maximum absolute atomic E-state index is 12.6. The quantitative estimate of drug-likeness (QED) is 0.671. The number of aromatic nitrogens is 1. The number of carbonyl (C=O) groups excluding carboxylic acids is 1. The Hall–Kier alpha value is -2.06. The third-order valence-corrected chi connectivity index (χ3v) is 2.15. The number of alkyl halides is 4. The maximum atomic E-state index is 12.6. The third-order valence-electron chi connectivity index (χ3n) is 2.15. The largest absolute Gasteiger partial charge is 0.573 e. The summed E-state index contributed by atoms with van der Waals surface area (Å²) in [6.45, 7) is -1.14. The van der Waals surface area contributed by atoms with E-state index in [0.29, 0.717) is 6.20 Å². The van der Waals surface area contributed by atoms with Crippen molar-refractivity contribution in [3.8, 4) is 5.75 Å². The van der Waals surface area contributed by atoms with E-state index in [0.717, 1.165) is 7.11 Å². The summed E-state index contributed by atoms with van der Waals surface area (Å²) in [7, 11) is 1.03. The van der Waals surface area contributed by atoms with E-state index < -0.39 is 42.2 Å². The van der Waals surface area contributed by atoms with E-state index in [4.69, 9.17) is 0 Å². The molecule has 5 nitrogen and oxygen atoms in total. The second kappa shape index (κ2) is 5.72. The van der Waals surface area contributed by atoms with Gasteiger partial charge < -0.3 is 14.5 Å². The standard InChI is InChI=1S/C10H9F4NO4/c1-18-8(16)2-5-6(3-11)15-4-7(9(5)17)19-10(12,13)14/h4H,2-3H2,1H3,(H,15,17). The fourth-order valence-electron chi connectivity index (χ4n) is 1.31. The van der Waals surface area contributed by atoms with Crippen molar-refractivity contribution < 1.29 is 31.8 Å². The molecule has 0 radical (unpaired) electrons. The molecule has 0 bridgehead atoms. The van der Waals surface area contributed by atoms with E-state index >= 15 is 0 Å². The highest BCUT2D eigenvalue weighted by molar-refractivity contribution is 5.72. The summed E-state index contributed by atoms with van der Waals surface area (Å²) in [5.41, 5.74) is -1.98. The minimum absolute atomic E-state index is 0.301. The van der Waals surface area contributed by atoms with Crippen molar-refractivity contribution in [2.75, 3.05) is 7.11 Å². The van der Waals surface area contributed by atoms with E-state index in [1.807, 2.05) is 0 Å². The first-order valence-electron chi connectivity index (χ1n) is 4.90. The molecule has 0 aliphatic heterocycles. The van der Waals surface area contributed by atoms with Crippen LogP contribution in [0.2, 0.25) is 0 Å². The number of pyridine rings is 1. The van der Waals surface area contributed by atoms with E-state index in [-0.39, 0.29) is 5.69 Å². The van der Waals surface area contributed by atoms with Crippen molar-refractivity contribution in [1.82, 2.24) is 4.98 Å². The lowest BCUT2D eigenvalue weighted by Crippen LogP contribution is -2.25. The molecule has 0 saturated heterocycles. The first-order valence-corrected chi connectivity index (χ1v) is 4.90. The van der Waals surface area contributed by atoms with Crippen molar-refractivity contribution in [3.63, 3.8) is 0 Å². The molecule has 1 N–H and O–H groups in total. The minimum atomic E-state index is -5.06. The molecule has 0 spiro atoms. The van der Waals surface area contributed by atoms with E-state index in [1.165, 1.54) is 0 Å². The van der Waals surface area contributed by atoms with Gasteiger partial charge in [0.05, 0.1) is 19.2 Å². The van der Waals surface area contributed by atoms with Crippen molar-refractivity contribution in [1.29, 1.82) is 0 Å². The summed E-state index contributed by atoms with van der Waals surface area (Å²) >= 11 is 0. The fraction of sp³-hybridized carbons (Fsp3) is 0.400. The van der Waals surface area contributed by atoms with Crippen molar-refractivity contribution in [2.24, 2.45) is 0 Å². The van der Waals surface area contributed by atoms with Gasteiger partial charge in [0.25, 0.3) is 0 Å². The number of hydrogen-bond donors (Lipinski definition) is 1. The van der Waals surface area contributed by atoms with Crippen molar-refractivity contribution >= 4 is 5.97 Å². The normalized spacial score (nSPS) is 11.2. The summed E-state index contributed by atoms with van der Waals surface area (Å²) in [6, 6.07) is 0. The lowest BCUT2D eigenvalue weighted by molar-refractivity contribution is -0.275. The Morgan fingerprint density at radius 1 is 1.42 bits per heavy atom. The number of methoxy groups -OCH3 is 1. The van der Waals surface area contributed by atoms with Crippen LogP contribution in [0, 0.1) is 0 Å². The molecular formula is C10H9F4NO4. The van der Waals surface area contributed by atoms with Gasteiger partial charge in [-0.05, 0) is 0 Å². The van der Waals surface area contributed by atoms with E-state index in [2.05, 4.69) is 14.5 Å². The summed E-state index contributed by atoms with van der Waals surface area (Å²) in [5, 5.41) is 0. The van der Waals surface area contributed by atoms with Crippen LogP contribution in [-0.2, 0) is 22.6 Å². The van der Waals surface area contributed by atoms with Crippen LogP contribution in [0.25, 0.3) is 0 Å². The number of rotatable bonds is 4. The molecule has 0 fully saturated rings. The number of H-pyrrole nitrogens is 1. The van der Waals surface area contributed by atoms with Gasteiger partial charge in [-0.1, -0.05) is 0 Å². The zero-order chi connectivity index (χ0) is 14.6. The molecule has 0 saturated carbocycles. The number of carbonyl (C=O) groups is 1. The summed E-state index contributed by atoms with van der Waals surface area (Å²) < 4.78 is 56.4. The Morgan fingerprint density at radius 2 is 2.05 bits per heavy atom. The molecule has 106 valence electrons. The SMILES string of the molecule is COC(=O)Cc1c(CF)[nH]cc(OC(F)(F)F)c1=O.